The van der Waals surface area contributed by atoms with Crippen LogP contribution in [0, 0.1) is 52.4 Å². The number of aliphatic carboxylic acids is 1. The summed E-state index contributed by atoms with van der Waals surface area (Å²) in [6, 6.07) is -16.2. The fourth-order valence-electron chi connectivity index (χ4n) is 7.05. The summed E-state index contributed by atoms with van der Waals surface area (Å²) in [5.74, 6) is -34.4. The van der Waals surface area contributed by atoms with Crippen LogP contribution in [0.25, 0.3) is 0 Å². The number of amides is 4. The van der Waals surface area contributed by atoms with Crippen LogP contribution in [0.1, 0.15) is 153 Å². The number of carbonyl (C=O) groups is 5. The van der Waals surface area contributed by atoms with Gasteiger partial charge in [0, 0.05) is 98.9 Å². The summed E-state index contributed by atoms with van der Waals surface area (Å²) in [4.78, 5) is 61.1. The van der Waals surface area contributed by atoms with Crippen molar-refractivity contribution in [2.24, 2.45) is 5.73 Å². The van der Waals surface area contributed by atoms with Crippen molar-refractivity contribution in [1.29, 1.82) is 4.04 Å². The van der Waals surface area contributed by atoms with Crippen molar-refractivity contribution < 1.29 is 164 Å². The van der Waals surface area contributed by atoms with Crippen LogP contribution in [0.15, 0.2) is 36.3 Å². The van der Waals surface area contributed by atoms with Crippen LogP contribution < -0.4 is 21.7 Å². The molecule has 6 aromatic rings. The number of nitrogens with two attached hydrogens (primary N) is 1. The molecule has 3 aliphatic rings. The molecule has 6 heterocycles. The van der Waals surface area contributed by atoms with Gasteiger partial charge >= 0.3 is 36.7 Å². The van der Waals surface area contributed by atoms with Crippen molar-refractivity contribution in [3.05, 3.63) is 140 Å². The summed E-state index contributed by atoms with van der Waals surface area (Å²) < 4.78 is 504. The lowest BCUT2D eigenvalue weighted by molar-refractivity contribution is -0.149. The summed E-state index contributed by atoms with van der Waals surface area (Å²) in [6.45, 7) is -24.6. The Hall–Kier alpha value is -9.06. The molecule has 0 fully saturated rings. The van der Waals surface area contributed by atoms with Gasteiger partial charge in [-0.25, -0.2) is 49.1 Å². The molecule has 9 rings (SSSR count). The number of rotatable bonds is 14. The number of nitrogens with one attached hydrogen (secondary N) is 3. The maximum Gasteiger partial charge on any atom is 0.451 e. The van der Waals surface area contributed by atoms with Gasteiger partial charge in [-0.2, -0.15) is 39.5 Å². The Bertz CT molecular complexity index is 5340. The molecule has 24 nitrogen and oxygen atoms in total. The van der Waals surface area contributed by atoms with Crippen molar-refractivity contribution in [3.8, 4) is 0 Å². The minimum absolute atomic E-state index is 0.191. The van der Waals surface area contributed by atoms with Crippen molar-refractivity contribution in [1.82, 2.24) is 70.0 Å². The van der Waals surface area contributed by atoms with Crippen LogP contribution >= 0.6 is 12.3 Å². The first-order valence-electron chi connectivity index (χ1n) is 42.5. The average Bonchev–Trinajstić information content (AvgIpc) is 1.37. The highest BCUT2D eigenvalue weighted by Crippen LogP contribution is 2.33. The number of carboxylic acid groups (broad SMARTS) is 1. The van der Waals surface area contributed by atoms with Crippen molar-refractivity contribution in [2.75, 3.05) is 19.5 Å². The van der Waals surface area contributed by atoms with E-state index in [4.69, 9.17) is 65.5 Å². The Morgan fingerprint density at radius 3 is 1.24 bits per heavy atom. The monoisotopic (exact) mass is 1530 g/mol. The van der Waals surface area contributed by atoms with E-state index in [1.54, 1.807) is 10.6 Å². The Morgan fingerprint density at radius 2 is 0.881 bits per heavy atom. The van der Waals surface area contributed by atoms with Gasteiger partial charge in [0.05, 0.1) is 56.0 Å². The molecule has 0 unspecified atom stereocenters. The Labute approximate surface area is 613 Å². The number of hydrogen-bond acceptors (Lipinski definition) is 15. The van der Waals surface area contributed by atoms with Gasteiger partial charge in [0.2, 0.25) is 32.1 Å². The Balaban J connectivity index is 0.000000382. The predicted molar refractivity (Wildman–Crippen MR) is 314 cm³/mol. The zero-order chi connectivity index (χ0) is 105. The van der Waals surface area contributed by atoms with E-state index < -0.39 is 334 Å². The van der Waals surface area contributed by atoms with E-state index in [2.05, 4.69) is 48.4 Å². The van der Waals surface area contributed by atoms with E-state index in [1.807, 2.05) is 5.32 Å². The van der Waals surface area contributed by atoms with Crippen molar-refractivity contribution in [2.45, 2.75) is 167 Å². The van der Waals surface area contributed by atoms with Crippen molar-refractivity contribution in [3.63, 3.8) is 0 Å². The molecule has 3 atom stereocenters. The molecule has 0 bridgehead atoms. The van der Waals surface area contributed by atoms with Crippen LogP contribution in [-0.2, 0) is 101 Å². The third-order valence-corrected chi connectivity index (χ3v) is 10.9. The number of carbonyl (C=O) groups excluding carboxylic acids is 4. The van der Waals surface area contributed by atoms with Crippen LogP contribution in [0.5, 0.6) is 0 Å². The number of ether oxygens (including phenoxy) is 2. The number of aromatic nitrogens is 9. The molecule has 3 aromatic heterocycles. The second-order valence-electron chi connectivity index (χ2n) is 20.8. The van der Waals surface area contributed by atoms with Crippen molar-refractivity contribution >= 4 is 42.3 Å². The third-order valence-electron chi connectivity index (χ3n) is 10.9. The molecule has 3 aromatic carbocycles. The molecular formula is C58H66ClF18N15O9. The number of alkyl halides is 9. The fraction of sp³-hybridized carbons (Fsp3) is 0.500. The van der Waals surface area contributed by atoms with Gasteiger partial charge in [-0.3, -0.25) is 14.4 Å². The van der Waals surface area contributed by atoms with E-state index in [-0.39, 0.29) is 4.57 Å². The summed E-state index contributed by atoms with van der Waals surface area (Å²) >= 11 is 3.89. The molecule has 0 saturated carbocycles. The summed E-state index contributed by atoms with van der Waals surface area (Å²) in [6.07, 6.45) is -33.4. The normalized spacial score (nSPS) is 24.1. The topological polar surface area (TPSA) is 316 Å². The van der Waals surface area contributed by atoms with Gasteiger partial charge < -0.3 is 65.2 Å². The first kappa shape index (κ1) is 46.5. The number of nitrogens with zero attached hydrogens (tertiary/aromatic N) is 11. The van der Waals surface area contributed by atoms with E-state index >= 15 is 0 Å². The number of carboxylic acids is 1. The maximum atomic E-state index is 14.9. The molecule has 4 amide bonds. The standard InChI is InChI=1S/C21H23F6N5O3.C16H15F6N5O.C15H18F3NO4.C6H7F3N4.ClH.H2O/c1-20(2,3)35-19(34)28-12(6-11-7-14(23)15(24)9-13(11)22)8-17(33)31-4-5-32-16(10-31)29-30-18(32)21(25,26)27;17-10-6-12(19)11(18)4-8(10)3-9(23)5-14(28)26-1-2-27-13(7-26)24-25-15(27)16(20,21)22;1-15(2,3)23-14(22)19-9(6-13(20)21)4-8-5-11(17)12(18)7-10(8)16;7-6(8,9)5-12-11-4-3-10-1-2-13(4)5;;/h7,9,12H,4-6,8,10H2,1-3H3,(H,28,34);4,6,9H,1-3,5,7,23H2;5,7,9H,4,6H2,1-3H3,(H,19,22)(H,20,21);10H,1-3H2;1H;1H2/t12-;2*9-;;;/m111.../s1/i4D2,5D2,7D,8D2,9D,10D2;1D2,2D2,4D,5D2,6D,7D2;5D,6D2,7D;1D2,2D2,3D2;;/hD3. The van der Waals surface area contributed by atoms with Gasteiger partial charge in [0.1, 0.15) is 35.7 Å². The van der Waals surface area contributed by atoms with Gasteiger partial charge in [0.25, 0.3) is 0 Å². The first-order chi connectivity index (χ1) is 59.8. The van der Waals surface area contributed by atoms with E-state index in [9.17, 15) is 103 Å². The van der Waals surface area contributed by atoms with Crippen LogP contribution in [0.2, 0.25) is 0 Å². The SMILES string of the molecule is [2H]C1([2H])NC([2H])([2H])C([2H])([2H])n2c(C(F)(F)F)nnc21.[2H]Cl.[2H]O[2H].[2H]c1c(F)c(F)c([2H])c(C[C@@H](N)C([2H])([2H])C(=O)N2C([2H])([2H])c3nnc(C(F)(F)F)n3C([2H])([2H])C2([2H])[2H])c1F.[2H]c1c(F)c(F)c([2H])c(C[C@@H](NC(=O)OC(C)(C)C)C([2H])([2H])C(=O)N2C([2H])([2H])c3nnc(C(F)(F)F)n3C([2H])([2H])C2([2H])[2H])c1F.[2H]c1c(F)c(F)c([2H])c(C[C@@H](NC(=O)OC(C)(C)C)C([2H])([2H])C(=O)O)c1F. The summed E-state index contributed by atoms with van der Waals surface area (Å²) in [7, 11) is 0. The lowest BCUT2D eigenvalue weighted by Gasteiger charge is -2.30. The van der Waals surface area contributed by atoms with E-state index in [0.29, 0.717) is 0 Å². The molecule has 0 spiro atoms. The van der Waals surface area contributed by atoms with E-state index in [1.165, 1.54) is 41.5 Å². The minimum atomic E-state index is -5.51. The summed E-state index contributed by atoms with van der Waals surface area (Å²) in [5.41, 5.74) is 2.63. The molecule has 0 radical (unpaired) electrons. The molecular weight excluding hydrogens is 1430 g/mol. The molecule has 560 valence electrons. The number of halogens is 19. The molecule has 0 saturated heterocycles. The number of hydrogen-bond donors (Lipinski definition) is 5. The number of alkyl carbamates (subject to hydrolysis) is 2. The van der Waals surface area contributed by atoms with Gasteiger partial charge in [-0.05, 0) is 95.6 Å². The Kier molecular flexibility index (Phi) is 15.9. The smallest absolute Gasteiger partial charge is 0.451 e. The lowest BCUT2D eigenvalue weighted by atomic mass is 10.0. The van der Waals surface area contributed by atoms with Gasteiger partial charge in [-0.1, -0.05) is 0 Å². The first-order valence-corrected chi connectivity index (χ1v) is 26.3. The Morgan fingerprint density at radius 1 is 0.554 bits per heavy atom. The molecule has 3 aliphatic heterocycles. The molecule has 43 heteroatoms. The minimum Gasteiger partial charge on any atom is -0.481 e. The zero-order valence-corrected chi connectivity index (χ0v) is 51.5. The highest BCUT2D eigenvalue weighted by atomic mass is 35.5. The third kappa shape index (κ3) is 24.6. The van der Waals surface area contributed by atoms with Gasteiger partial charge in [-0.15, -0.1) is 42.9 Å². The maximum absolute atomic E-state index is 14.9. The van der Waals surface area contributed by atoms with Crippen LogP contribution in [0.4, 0.5) is 88.6 Å². The van der Waals surface area contributed by atoms with Crippen LogP contribution in [-0.4, -0.2) is 148 Å². The number of fused-ring (bicyclic) bond motifs is 3. The zero-order valence-electron chi connectivity index (χ0n) is 83.7. The quantitative estimate of drug-likeness (QED) is 0.0503. The second-order valence-corrected chi connectivity index (χ2v) is 20.8. The number of benzene rings is 3. The van der Waals surface area contributed by atoms with Gasteiger partial charge in [0.15, 0.2) is 46.6 Å². The molecule has 0 aliphatic carbocycles. The predicted octanol–water partition coefficient (Wildman–Crippen LogP) is 8.61. The largest absolute Gasteiger partial charge is 0.481 e. The van der Waals surface area contributed by atoms with E-state index in [0.717, 1.165) is 0 Å². The highest BCUT2D eigenvalue weighted by Gasteiger charge is 2.42. The average molecular weight is 1530 g/mol. The summed E-state index contributed by atoms with van der Waals surface area (Å²) in [5, 5.41) is 31.3. The second kappa shape index (κ2) is 34.5. The molecule has 101 heavy (non-hydrogen) atoms. The highest BCUT2D eigenvalue weighted by molar-refractivity contribution is 5.85. The fourth-order valence-corrected chi connectivity index (χ4v) is 7.05. The van der Waals surface area contributed by atoms with Crippen LogP contribution in [0.3, 0.4) is 0 Å². The molecule has 8 N–H and O–H groups in total. The lowest BCUT2D eigenvalue weighted by Crippen LogP contribution is -2.45.